The molecule has 3 nitrogen and oxygen atoms in total. The van der Waals surface area contributed by atoms with Crippen LogP contribution in [-0.2, 0) is 13.0 Å². The van der Waals surface area contributed by atoms with Gasteiger partial charge in [0.1, 0.15) is 0 Å². The second kappa shape index (κ2) is 6.10. The molecule has 1 heterocycles. The number of fused-ring (bicyclic) bond motifs is 1. The van der Waals surface area contributed by atoms with E-state index >= 15 is 0 Å². The lowest BCUT2D eigenvalue weighted by Crippen LogP contribution is -2.22. The van der Waals surface area contributed by atoms with Crippen molar-refractivity contribution < 1.29 is 0 Å². The monoisotopic (exact) mass is 279 g/mol. The average Bonchev–Trinajstić information content (AvgIpc) is 2.96. The van der Waals surface area contributed by atoms with Crippen molar-refractivity contribution in [1.82, 2.24) is 15.1 Å². The predicted octanol–water partition coefficient (Wildman–Crippen LogP) is 3.56. The minimum atomic E-state index is 0.263. The van der Waals surface area contributed by atoms with E-state index in [-0.39, 0.29) is 6.04 Å². The third kappa shape index (κ3) is 2.83. The van der Waals surface area contributed by atoms with Crippen molar-refractivity contribution in [3.8, 4) is 0 Å². The Bertz CT molecular complexity index is 713. The second-order valence-electron chi connectivity index (χ2n) is 5.32. The first-order valence-corrected chi connectivity index (χ1v) is 7.48. The molecular formula is C18H21N3. The van der Waals surface area contributed by atoms with Gasteiger partial charge in [-0.2, -0.15) is 5.10 Å². The number of aryl methyl sites for hydroxylation is 1. The summed E-state index contributed by atoms with van der Waals surface area (Å²) in [5, 5.41) is 9.11. The highest BCUT2D eigenvalue weighted by Crippen LogP contribution is 2.19. The van der Waals surface area contributed by atoms with E-state index in [2.05, 4.69) is 64.5 Å². The molecule has 0 amide bonds. The Morgan fingerprint density at radius 1 is 1.10 bits per heavy atom. The van der Waals surface area contributed by atoms with E-state index in [1.165, 1.54) is 22.0 Å². The number of hydrogen-bond donors (Lipinski definition) is 1. The third-order valence-corrected chi connectivity index (χ3v) is 4.05. The molecule has 1 aromatic heterocycles. The highest BCUT2D eigenvalue weighted by atomic mass is 15.3. The Hall–Kier alpha value is -2.13. The van der Waals surface area contributed by atoms with Gasteiger partial charge in [0.25, 0.3) is 0 Å². The zero-order chi connectivity index (χ0) is 14.7. The molecule has 3 aromatic rings. The molecule has 1 unspecified atom stereocenters. The Morgan fingerprint density at radius 2 is 1.86 bits per heavy atom. The van der Waals surface area contributed by atoms with E-state index in [0.29, 0.717) is 0 Å². The normalized spacial score (nSPS) is 12.7. The molecule has 0 aliphatic carbocycles. The van der Waals surface area contributed by atoms with Crippen LogP contribution >= 0.6 is 0 Å². The minimum Gasteiger partial charge on any atom is -0.311 e. The summed E-state index contributed by atoms with van der Waals surface area (Å²) in [4.78, 5) is 0. The summed E-state index contributed by atoms with van der Waals surface area (Å²) in [7, 11) is 2.00. The van der Waals surface area contributed by atoms with Gasteiger partial charge in [0.2, 0.25) is 0 Å². The zero-order valence-corrected chi connectivity index (χ0v) is 12.6. The molecule has 3 rings (SSSR count). The minimum absolute atomic E-state index is 0.263. The van der Waals surface area contributed by atoms with Crippen LogP contribution in [0.15, 0.2) is 54.7 Å². The van der Waals surface area contributed by atoms with Crippen LogP contribution in [0.5, 0.6) is 0 Å². The summed E-state index contributed by atoms with van der Waals surface area (Å²) in [5.41, 5.74) is 3.86. The molecule has 21 heavy (non-hydrogen) atoms. The molecule has 0 aliphatic heterocycles. The van der Waals surface area contributed by atoms with Crippen molar-refractivity contribution in [3.63, 3.8) is 0 Å². The van der Waals surface area contributed by atoms with Crippen molar-refractivity contribution in [2.45, 2.75) is 25.9 Å². The van der Waals surface area contributed by atoms with Crippen molar-refractivity contribution in [1.29, 1.82) is 0 Å². The second-order valence-corrected chi connectivity index (χ2v) is 5.32. The smallest absolute Gasteiger partial charge is 0.0683 e. The fraction of sp³-hybridized carbons (Fsp3) is 0.278. The fourth-order valence-electron chi connectivity index (χ4n) is 2.69. The van der Waals surface area contributed by atoms with E-state index < -0.39 is 0 Å². The predicted molar refractivity (Wildman–Crippen MR) is 87.4 cm³/mol. The molecule has 0 spiro atoms. The molecule has 108 valence electrons. The number of likely N-dealkylation sites (N-methyl/N-ethyl adjacent to an activating group) is 1. The Labute approximate surface area is 125 Å². The lowest BCUT2D eigenvalue weighted by Gasteiger charge is -2.17. The topological polar surface area (TPSA) is 29.9 Å². The van der Waals surface area contributed by atoms with Gasteiger partial charge >= 0.3 is 0 Å². The first-order valence-electron chi connectivity index (χ1n) is 7.48. The summed E-state index contributed by atoms with van der Waals surface area (Å²) in [6.07, 6.45) is 3.01. The van der Waals surface area contributed by atoms with Crippen LogP contribution in [0.3, 0.4) is 0 Å². The summed E-state index contributed by atoms with van der Waals surface area (Å²) in [6.45, 7) is 3.01. The third-order valence-electron chi connectivity index (χ3n) is 4.05. The maximum absolute atomic E-state index is 4.52. The van der Waals surface area contributed by atoms with Crippen molar-refractivity contribution in [2.75, 3.05) is 7.05 Å². The molecule has 0 aliphatic rings. The molecule has 0 saturated carbocycles. The Kier molecular flexibility index (Phi) is 4.02. The van der Waals surface area contributed by atoms with Crippen LogP contribution in [0.25, 0.3) is 10.9 Å². The fourth-order valence-corrected chi connectivity index (χ4v) is 2.69. The maximum Gasteiger partial charge on any atom is 0.0683 e. The van der Waals surface area contributed by atoms with Gasteiger partial charge in [-0.15, -0.1) is 0 Å². The van der Waals surface area contributed by atoms with E-state index in [1.54, 1.807) is 0 Å². The average molecular weight is 279 g/mol. The lowest BCUT2D eigenvalue weighted by molar-refractivity contribution is 0.478. The number of benzene rings is 2. The van der Waals surface area contributed by atoms with Gasteiger partial charge in [-0.25, -0.2) is 0 Å². The van der Waals surface area contributed by atoms with Crippen LogP contribution < -0.4 is 5.32 Å². The van der Waals surface area contributed by atoms with Gasteiger partial charge in [0.05, 0.1) is 24.3 Å². The molecule has 1 N–H and O–H groups in total. The van der Waals surface area contributed by atoms with E-state index in [1.807, 2.05) is 19.3 Å². The zero-order valence-electron chi connectivity index (χ0n) is 12.6. The first-order chi connectivity index (χ1) is 10.3. The summed E-state index contributed by atoms with van der Waals surface area (Å²) < 4.78 is 2.07. The first kappa shape index (κ1) is 13.8. The summed E-state index contributed by atoms with van der Waals surface area (Å²) in [6, 6.07) is 17.4. The van der Waals surface area contributed by atoms with Crippen molar-refractivity contribution in [3.05, 3.63) is 65.9 Å². The molecule has 1 atom stereocenters. The summed E-state index contributed by atoms with van der Waals surface area (Å²) in [5.74, 6) is 0. The van der Waals surface area contributed by atoms with Gasteiger partial charge in [-0.1, -0.05) is 49.4 Å². The highest BCUT2D eigenvalue weighted by Gasteiger charge is 2.12. The van der Waals surface area contributed by atoms with Crippen LogP contribution in [0.4, 0.5) is 0 Å². The van der Waals surface area contributed by atoms with Crippen LogP contribution in [-0.4, -0.2) is 16.8 Å². The van der Waals surface area contributed by atoms with E-state index in [0.717, 1.165) is 13.0 Å². The van der Waals surface area contributed by atoms with E-state index in [4.69, 9.17) is 0 Å². The standard InChI is InChI=1S/C18H21N3/c1-3-14-8-10-15(11-9-14)17(19-2)13-21-18-7-5-4-6-16(18)12-20-21/h4-12,17,19H,3,13H2,1-2H3. The van der Waals surface area contributed by atoms with Gasteiger partial charge in [-0.3, -0.25) is 4.68 Å². The molecule has 3 heteroatoms. The number of aromatic nitrogens is 2. The molecule has 0 fully saturated rings. The quantitative estimate of drug-likeness (QED) is 0.774. The molecule has 0 radical (unpaired) electrons. The van der Waals surface area contributed by atoms with Gasteiger partial charge < -0.3 is 5.32 Å². The molecule has 2 aromatic carbocycles. The molecule has 0 saturated heterocycles. The highest BCUT2D eigenvalue weighted by molar-refractivity contribution is 5.78. The number of para-hydroxylation sites is 1. The Morgan fingerprint density at radius 3 is 2.57 bits per heavy atom. The summed E-state index contributed by atoms with van der Waals surface area (Å²) >= 11 is 0. The van der Waals surface area contributed by atoms with Crippen LogP contribution in [0.1, 0.15) is 24.1 Å². The number of hydrogen-bond acceptors (Lipinski definition) is 2. The van der Waals surface area contributed by atoms with Crippen molar-refractivity contribution >= 4 is 10.9 Å². The van der Waals surface area contributed by atoms with Gasteiger partial charge in [-0.05, 0) is 30.7 Å². The van der Waals surface area contributed by atoms with Crippen LogP contribution in [0.2, 0.25) is 0 Å². The van der Waals surface area contributed by atoms with Crippen LogP contribution in [0, 0.1) is 0 Å². The Balaban J connectivity index is 1.86. The van der Waals surface area contributed by atoms with Gasteiger partial charge in [0.15, 0.2) is 0 Å². The SMILES string of the molecule is CCc1ccc(C(Cn2ncc3ccccc32)NC)cc1. The maximum atomic E-state index is 4.52. The molecule has 0 bridgehead atoms. The van der Waals surface area contributed by atoms with Gasteiger partial charge in [0, 0.05) is 5.39 Å². The largest absolute Gasteiger partial charge is 0.311 e. The number of rotatable bonds is 5. The van der Waals surface area contributed by atoms with E-state index in [9.17, 15) is 0 Å². The molecular weight excluding hydrogens is 258 g/mol. The number of nitrogens with zero attached hydrogens (tertiary/aromatic N) is 2. The lowest BCUT2D eigenvalue weighted by atomic mass is 10.0. The number of nitrogens with one attached hydrogen (secondary N) is 1. The van der Waals surface area contributed by atoms with Crippen molar-refractivity contribution in [2.24, 2.45) is 0 Å².